The number of nitrogens with zero attached hydrogens (tertiary/aromatic N) is 6. The van der Waals surface area contributed by atoms with E-state index in [4.69, 9.17) is 70.4 Å². The summed E-state index contributed by atoms with van der Waals surface area (Å²) >= 11 is 2.93. The topological polar surface area (TPSA) is 369 Å². The molecule has 22 rings (SSSR count). The first-order valence-corrected chi connectivity index (χ1v) is 46.0. The van der Waals surface area contributed by atoms with E-state index in [1.54, 1.807) is 24.3 Å². The number of carbonyl (C=O) groups is 4. The summed E-state index contributed by atoms with van der Waals surface area (Å²) in [5.41, 5.74) is 9.83. The van der Waals surface area contributed by atoms with Crippen molar-refractivity contribution in [1.82, 2.24) is 30.2 Å². The lowest BCUT2D eigenvalue weighted by Crippen LogP contribution is -2.69. The molecule has 34 heteroatoms. The van der Waals surface area contributed by atoms with Crippen LogP contribution in [0.15, 0.2) is 97.1 Å². The van der Waals surface area contributed by atoms with E-state index < -0.39 is 102 Å². The zero-order valence-electron chi connectivity index (χ0n) is 72.5. The number of benzene rings is 8. The minimum Gasteiger partial charge on any atom is -0.504 e. The van der Waals surface area contributed by atoms with Crippen LogP contribution in [-0.4, -0.2) is 189 Å². The van der Waals surface area contributed by atoms with Gasteiger partial charge in [0.1, 0.15) is 36.8 Å². The predicted molar refractivity (Wildman–Crippen MR) is 465 cm³/mol. The molecule has 2 unspecified atom stereocenters. The Balaban J connectivity index is 0.000000173. The van der Waals surface area contributed by atoms with Gasteiger partial charge in [-0.3, -0.25) is 48.9 Å². The monoisotopic (exact) mass is 1800 g/mol. The molecule has 4 saturated heterocycles. The Morgan fingerprint density at radius 3 is 1.37 bits per heavy atom. The van der Waals surface area contributed by atoms with Crippen LogP contribution >= 0.6 is 31.3 Å². The summed E-state index contributed by atoms with van der Waals surface area (Å²) in [5, 5.41) is 63.4. The lowest BCUT2D eigenvalue weighted by atomic mass is 9.71. The third-order valence-corrected chi connectivity index (χ3v) is 31.8. The van der Waals surface area contributed by atoms with Gasteiger partial charge in [-0.2, -0.15) is 10.5 Å². The summed E-state index contributed by atoms with van der Waals surface area (Å²) < 4.78 is 106. The van der Waals surface area contributed by atoms with E-state index in [0.717, 1.165) is 38.9 Å². The fourth-order valence-corrected chi connectivity index (χ4v) is 26.7. The molecule has 8 aromatic carbocycles. The summed E-state index contributed by atoms with van der Waals surface area (Å²) in [6.45, 7) is 10.2. The van der Waals surface area contributed by atoms with Gasteiger partial charge in [-0.1, -0.05) is 72.8 Å². The van der Waals surface area contributed by atoms with E-state index in [1.165, 1.54) is 65.8 Å². The standard InChI is InChI=1S/C54H55N4O13PS.C40H42N4O10S/c1-29-19-35-20-37-38(23-55)58-39-26-65-53(61)54(27-73-52(46(58)45(57(37)4)42(35)47(60)48(29)64-6)44-43(39)51-50(66-28-67-51)30(2)49(44)70-31(3)59)36-22-40(63-5)41(21-34(36)17-18-56-54)71-72(62,68-24-32-13-9-7-10-14-32)69-25-33-15-11-8-12-16-33;1-17-9-21-10-23-24(13-41)44-25-14-51-39(48)40(22-12-27(49-5)26(46)11-20(22)7-8-42-40)15-55-38(32(44)31(43(23)4)28(21)33(47)34(17)50-6)30-29(25)37-36(52-16-53-37)18(2)35(30)54-19(3)45/h7-16,19,21-22,37-39,45-46,52,56,60H,17-18,20,24-28H2,1-6H3;9,11-12,23-25,31-32,38,42,46-47H,7-8,10,14-16H2,1-6H3/t37-,38-,39-,45+,46?,52+,54+;23-,24-,25-,31+,32?,38+,40+/m00/s1. The zero-order chi connectivity index (χ0) is 89.6. The number of piperazine rings is 2. The van der Waals surface area contributed by atoms with Crippen LogP contribution in [0.4, 0.5) is 0 Å². The molecule has 0 aromatic heterocycles. The maximum atomic E-state index is 15.4. The number of nitriles is 2. The second-order valence-electron chi connectivity index (χ2n) is 34.2. The number of aromatic hydroxyl groups is 3. The Morgan fingerprint density at radius 1 is 0.531 bits per heavy atom. The van der Waals surface area contributed by atoms with Gasteiger partial charge in [0, 0.05) is 107 Å². The van der Waals surface area contributed by atoms with Crippen LogP contribution in [0.25, 0.3) is 0 Å². The van der Waals surface area contributed by atoms with Crippen LogP contribution < -0.4 is 62.5 Å². The number of phenols is 3. The molecule has 31 nitrogen and oxygen atoms in total. The fraction of sp³-hybridized carbons (Fsp3) is 0.426. The van der Waals surface area contributed by atoms with E-state index in [9.17, 15) is 44.8 Å². The van der Waals surface area contributed by atoms with Crippen molar-refractivity contribution in [2.24, 2.45) is 0 Å². The highest BCUT2D eigenvalue weighted by Crippen LogP contribution is 2.69. The molecule has 14 heterocycles. The number of fused-ring (bicyclic) bond motifs is 18. The van der Waals surface area contributed by atoms with Crippen molar-refractivity contribution in [3.8, 4) is 92.6 Å². The molecule has 0 aliphatic carbocycles. The van der Waals surface area contributed by atoms with Gasteiger partial charge in [-0.15, -0.1) is 23.5 Å². The lowest BCUT2D eigenvalue weighted by Gasteiger charge is -2.62. The van der Waals surface area contributed by atoms with Crippen molar-refractivity contribution in [3.63, 3.8) is 0 Å². The number of phosphoric ester groups is 1. The number of nitrogens with one attached hydrogen (secondary N) is 2. The van der Waals surface area contributed by atoms with E-state index in [1.807, 2.05) is 115 Å². The average molecular weight is 1800 g/mol. The molecule has 0 radical (unpaired) electrons. The second kappa shape index (κ2) is 33.4. The first-order valence-electron chi connectivity index (χ1n) is 42.5. The second-order valence-corrected chi connectivity index (χ2v) is 38.1. The van der Waals surface area contributed by atoms with Gasteiger partial charge >= 0.3 is 31.7 Å². The maximum Gasteiger partial charge on any atom is 0.530 e. The summed E-state index contributed by atoms with van der Waals surface area (Å²) in [7, 11) is 5.59. The van der Waals surface area contributed by atoms with Crippen LogP contribution in [0.3, 0.4) is 0 Å². The summed E-state index contributed by atoms with van der Waals surface area (Å²) in [6.07, 6.45) is 1.94. The highest BCUT2D eigenvalue weighted by molar-refractivity contribution is 7.99. The fourth-order valence-electron chi connectivity index (χ4n) is 22.1. The third kappa shape index (κ3) is 13.7. The smallest absolute Gasteiger partial charge is 0.504 e. The molecular weight excluding hydrogens is 1700 g/mol. The summed E-state index contributed by atoms with van der Waals surface area (Å²) in [5.74, 6) is 1.66. The first-order chi connectivity index (χ1) is 61.7. The Bertz CT molecular complexity index is 6010. The summed E-state index contributed by atoms with van der Waals surface area (Å²) in [4.78, 5) is 64.9. The van der Waals surface area contributed by atoms with E-state index in [0.29, 0.717) is 146 Å². The number of thioether (sulfide) groups is 2. The van der Waals surface area contributed by atoms with Crippen molar-refractivity contribution < 1.29 is 109 Å². The van der Waals surface area contributed by atoms with Crippen LogP contribution in [0.5, 0.6) is 80.5 Å². The largest absolute Gasteiger partial charge is 0.530 e. The number of ether oxygens (including phenoxy) is 12. The third-order valence-electron chi connectivity index (χ3n) is 27.5. The van der Waals surface area contributed by atoms with Gasteiger partial charge < -0.3 is 76.7 Å². The van der Waals surface area contributed by atoms with E-state index in [2.05, 4.69) is 42.4 Å². The molecule has 5 N–H and O–H groups in total. The van der Waals surface area contributed by atoms with Crippen LogP contribution in [0.2, 0.25) is 0 Å². The molecule has 8 aromatic rings. The molecule has 2 spiro atoms. The normalized spacial score (nSPS) is 26.6. The van der Waals surface area contributed by atoms with Crippen molar-refractivity contribution in [2.75, 3.05) is 93.9 Å². The first kappa shape index (κ1) is 86.2. The number of hydrogen-bond donors (Lipinski definition) is 5. The number of rotatable bonds is 14. The van der Waals surface area contributed by atoms with E-state index >= 15 is 4.79 Å². The molecule has 14 aliphatic rings. The minimum absolute atomic E-state index is 0.0137. The summed E-state index contributed by atoms with van der Waals surface area (Å²) in [6, 6.07) is 28.9. The number of aryl methyl sites for hydroxylation is 2. The van der Waals surface area contributed by atoms with Gasteiger partial charge in [0.25, 0.3) is 0 Å². The molecule has 128 heavy (non-hydrogen) atoms. The average Bonchev–Trinajstić information content (AvgIpc) is 0.969. The molecular formula is C94H97N8O23PS2. The quantitative estimate of drug-likeness (QED) is 0.0383. The van der Waals surface area contributed by atoms with Crippen molar-refractivity contribution in [3.05, 3.63) is 197 Å². The van der Waals surface area contributed by atoms with Gasteiger partial charge in [0.2, 0.25) is 13.6 Å². The molecule has 0 amide bonds. The molecule has 8 bridgehead atoms. The maximum absolute atomic E-state index is 15.4. The van der Waals surface area contributed by atoms with Crippen molar-refractivity contribution >= 4 is 55.2 Å². The van der Waals surface area contributed by atoms with Gasteiger partial charge in [-0.05, 0) is 147 Å². The highest BCUT2D eigenvalue weighted by Gasteiger charge is 2.65. The minimum atomic E-state index is -4.36. The van der Waals surface area contributed by atoms with Crippen molar-refractivity contribution in [2.45, 2.75) is 162 Å². The number of hydrogen-bond acceptors (Lipinski definition) is 33. The number of likely N-dealkylation sites (N-methyl/N-ethyl adjacent to an activating group) is 2. The Labute approximate surface area is 747 Å². The van der Waals surface area contributed by atoms with Crippen molar-refractivity contribution in [1.29, 1.82) is 10.5 Å². The lowest BCUT2D eigenvalue weighted by molar-refractivity contribution is -0.158. The molecule has 14 atom stereocenters. The predicted octanol–water partition coefficient (Wildman–Crippen LogP) is 12.2. The number of phosphoric acid groups is 1. The van der Waals surface area contributed by atoms with Gasteiger partial charge in [0.05, 0.1) is 88.5 Å². The van der Waals surface area contributed by atoms with E-state index in [-0.39, 0.29) is 98.1 Å². The highest BCUT2D eigenvalue weighted by atomic mass is 32.2. The Morgan fingerprint density at radius 2 is 0.953 bits per heavy atom. The number of phenolic OH excluding ortho intramolecular Hbond substituents is 3. The Kier molecular flexibility index (Phi) is 22.5. The number of methoxy groups -OCH3 is 4. The molecule has 4 fully saturated rings. The molecule has 14 aliphatic heterocycles. The number of carbonyl (C=O) groups excluding carboxylic acids is 4. The molecule has 668 valence electrons. The molecule has 0 saturated carbocycles. The van der Waals surface area contributed by atoms with Crippen LogP contribution in [-0.2, 0) is 92.2 Å². The zero-order valence-corrected chi connectivity index (χ0v) is 75.0. The number of esters is 4. The Hall–Kier alpha value is -11.2. The van der Waals surface area contributed by atoms with Gasteiger partial charge in [-0.25, -0.2) is 14.2 Å². The van der Waals surface area contributed by atoms with Gasteiger partial charge in [0.15, 0.2) is 80.1 Å². The SMILES string of the molecule is COc1cc2c(cc1O)CCN[C@]21CS[C@@H]2c3c(OC(C)=O)c(C)c4c(c3[C@H](COC1=O)N1C2[C@H]2c3c(cc(C)c(OC)c3O)C[C@@H]([C@@H]1C#N)N2C)OCO4.COc1cc2c(cc1OP(=O)(OCc1ccccc1)OCc1ccccc1)CCN[C@]21CS[C@@H]2c3c(OC(C)=O)c(C)c4c(c3[C@H](COC1=O)N1C2[C@H]2c3c(cc(C)c(OC)c3O)C[C@@H]([C@@H]1C#N)N2C)OCO4. The van der Waals surface area contributed by atoms with Crippen LogP contribution in [0, 0.1) is 50.4 Å². The van der Waals surface area contributed by atoms with Crippen LogP contribution in [0.1, 0.15) is 149 Å².